The molecule has 0 spiro atoms. The Kier molecular flexibility index (Phi) is 6.61. The Morgan fingerprint density at radius 1 is 1.33 bits per heavy atom. The molecule has 1 aliphatic carbocycles. The number of ether oxygens (including phenoxy) is 1. The van der Waals surface area contributed by atoms with E-state index >= 15 is 0 Å². The Morgan fingerprint density at radius 2 is 2.06 bits per heavy atom. The highest BCUT2D eigenvalue weighted by molar-refractivity contribution is 4.99. The van der Waals surface area contributed by atoms with Crippen molar-refractivity contribution in [2.45, 2.75) is 65.0 Å². The van der Waals surface area contributed by atoms with Crippen molar-refractivity contribution in [3.05, 3.63) is 0 Å². The molecule has 1 saturated carbocycles. The van der Waals surface area contributed by atoms with Crippen LogP contribution in [-0.2, 0) is 4.74 Å². The first kappa shape index (κ1) is 15.9. The number of aliphatic hydroxyl groups is 1. The highest BCUT2D eigenvalue weighted by atomic mass is 16.5. The monoisotopic (exact) mass is 257 g/mol. The third kappa shape index (κ3) is 4.52. The summed E-state index contributed by atoms with van der Waals surface area (Å²) in [4.78, 5) is 0. The van der Waals surface area contributed by atoms with Crippen LogP contribution in [0.4, 0.5) is 0 Å². The standard InChI is InChI=1S/C15H31NO2/c1-12(2)10-18-9-7-14-6-5-8-15(14,11-17)16-13(3)4/h12-14,16-17H,5-11H2,1-4H3. The van der Waals surface area contributed by atoms with Gasteiger partial charge in [0.05, 0.1) is 6.61 Å². The summed E-state index contributed by atoms with van der Waals surface area (Å²) in [6.45, 7) is 10.6. The Hall–Kier alpha value is -0.120. The average Bonchev–Trinajstić information content (AvgIpc) is 2.67. The van der Waals surface area contributed by atoms with E-state index in [1.807, 2.05) is 0 Å². The fourth-order valence-corrected chi connectivity index (χ4v) is 3.13. The molecule has 108 valence electrons. The zero-order valence-corrected chi connectivity index (χ0v) is 12.5. The average molecular weight is 257 g/mol. The first-order valence-electron chi connectivity index (χ1n) is 7.46. The predicted molar refractivity (Wildman–Crippen MR) is 75.7 cm³/mol. The maximum Gasteiger partial charge on any atom is 0.0616 e. The minimum atomic E-state index is -0.0602. The molecule has 3 nitrogen and oxygen atoms in total. The van der Waals surface area contributed by atoms with Crippen molar-refractivity contribution in [2.24, 2.45) is 11.8 Å². The van der Waals surface area contributed by atoms with Crippen LogP contribution in [0.2, 0.25) is 0 Å². The van der Waals surface area contributed by atoms with Gasteiger partial charge >= 0.3 is 0 Å². The third-order valence-corrected chi connectivity index (χ3v) is 3.88. The minimum Gasteiger partial charge on any atom is -0.394 e. The van der Waals surface area contributed by atoms with E-state index in [2.05, 4.69) is 33.0 Å². The lowest BCUT2D eigenvalue weighted by atomic mass is 9.85. The zero-order chi connectivity index (χ0) is 13.6. The van der Waals surface area contributed by atoms with E-state index < -0.39 is 0 Å². The maximum atomic E-state index is 9.78. The van der Waals surface area contributed by atoms with Gasteiger partial charge in [-0.25, -0.2) is 0 Å². The largest absolute Gasteiger partial charge is 0.394 e. The van der Waals surface area contributed by atoms with Crippen molar-refractivity contribution in [1.29, 1.82) is 0 Å². The number of rotatable bonds is 8. The normalized spacial score (nSPS) is 28.5. The summed E-state index contributed by atoms with van der Waals surface area (Å²) in [5.41, 5.74) is -0.0602. The lowest BCUT2D eigenvalue weighted by Gasteiger charge is -2.37. The molecule has 0 radical (unpaired) electrons. The molecule has 1 aliphatic rings. The second-order valence-corrected chi connectivity index (χ2v) is 6.46. The van der Waals surface area contributed by atoms with Crippen LogP contribution in [0.3, 0.4) is 0 Å². The van der Waals surface area contributed by atoms with Crippen LogP contribution < -0.4 is 5.32 Å². The topological polar surface area (TPSA) is 41.5 Å². The Labute approximate surface area is 112 Å². The summed E-state index contributed by atoms with van der Waals surface area (Å²) in [6, 6.07) is 0.425. The van der Waals surface area contributed by atoms with Crippen molar-refractivity contribution in [3.8, 4) is 0 Å². The minimum absolute atomic E-state index is 0.0602. The van der Waals surface area contributed by atoms with Gasteiger partial charge in [-0.1, -0.05) is 34.1 Å². The van der Waals surface area contributed by atoms with E-state index in [1.54, 1.807) is 0 Å². The van der Waals surface area contributed by atoms with Crippen LogP contribution >= 0.6 is 0 Å². The number of hydrogen-bond acceptors (Lipinski definition) is 3. The first-order chi connectivity index (χ1) is 8.50. The maximum absolute atomic E-state index is 9.78. The van der Waals surface area contributed by atoms with Crippen LogP contribution in [-0.4, -0.2) is 36.5 Å². The van der Waals surface area contributed by atoms with Gasteiger partial charge in [0.2, 0.25) is 0 Å². The molecule has 0 aromatic carbocycles. The molecule has 3 heteroatoms. The fourth-order valence-electron chi connectivity index (χ4n) is 3.13. The van der Waals surface area contributed by atoms with Gasteiger partial charge < -0.3 is 15.2 Å². The van der Waals surface area contributed by atoms with E-state index in [9.17, 15) is 5.11 Å². The molecule has 2 atom stereocenters. The summed E-state index contributed by atoms with van der Waals surface area (Å²) < 4.78 is 5.69. The van der Waals surface area contributed by atoms with E-state index in [1.165, 1.54) is 12.8 Å². The lowest BCUT2D eigenvalue weighted by molar-refractivity contribution is 0.0651. The second kappa shape index (κ2) is 7.46. The van der Waals surface area contributed by atoms with E-state index in [0.717, 1.165) is 26.1 Å². The zero-order valence-electron chi connectivity index (χ0n) is 12.5. The van der Waals surface area contributed by atoms with Crippen molar-refractivity contribution >= 4 is 0 Å². The van der Waals surface area contributed by atoms with E-state index in [0.29, 0.717) is 17.9 Å². The highest BCUT2D eigenvalue weighted by Crippen LogP contribution is 2.38. The van der Waals surface area contributed by atoms with Crippen molar-refractivity contribution in [2.75, 3.05) is 19.8 Å². The number of hydrogen-bond donors (Lipinski definition) is 2. The molecule has 2 unspecified atom stereocenters. The van der Waals surface area contributed by atoms with Gasteiger partial charge in [0.1, 0.15) is 0 Å². The van der Waals surface area contributed by atoms with Crippen LogP contribution in [0.5, 0.6) is 0 Å². The molecule has 0 heterocycles. The van der Waals surface area contributed by atoms with Gasteiger partial charge in [0.15, 0.2) is 0 Å². The first-order valence-corrected chi connectivity index (χ1v) is 7.46. The molecule has 1 fully saturated rings. The van der Waals surface area contributed by atoms with Gasteiger partial charge in [-0.2, -0.15) is 0 Å². The molecule has 18 heavy (non-hydrogen) atoms. The fraction of sp³-hybridized carbons (Fsp3) is 1.00. The lowest BCUT2D eigenvalue weighted by Crippen LogP contribution is -2.54. The summed E-state index contributed by atoms with van der Waals surface area (Å²) in [5, 5.41) is 13.4. The Bertz CT molecular complexity index is 231. The van der Waals surface area contributed by atoms with Crippen molar-refractivity contribution < 1.29 is 9.84 Å². The molecule has 2 N–H and O–H groups in total. The van der Waals surface area contributed by atoms with Gasteiger partial charge in [-0.15, -0.1) is 0 Å². The molecule has 1 rings (SSSR count). The smallest absolute Gasteiger partial charge is 0.0616 e. The molecular formula is C15H31NO2. The summed E-state index contributed by atoms with van der Waals surface area (Å²) in [7, 11) is 0. The highest BCUT2D eigenvalue weighted by Gasteiger charge is 2.42. The third-order valence-electron chi connectivity index (χ3n) is 3.88. The number of nitrogens with one attached hydrogen (secondary N) is 1. The SMILES string of the molecule is CC(C)COCCC1CCCC1(CO)NC(C)C. The van der Waals surface area contributed by atoms with Crippen molar-refractivity contribution in [1.82, 2.24) is 5.32 Å². The van der Waals surface area contributed by atoms with Crippen molar-refractivity contribution in [3.63, 3.8) is 0 Å². The van der Waals surface area contributed by atoms with Gasteiger partial charge in [-0.05, 0) is 31.1 Å². The summed E-state index contributed by atoms with van der Waals surface area (Å²) in [6.07, 6.45) is 4.59. The molecule has 0 bridgehead atoms. The van der Waals surface area contributed by atoms with E-state index in [4.69, 9.17) is 4.74 Å². The molecule has 0 saturated heterocycles. The molecule has 0 aromatic heterocycles. The number of aliphatic hydroxyl groups excluding tert-OH is 1. The summed E-state index contributed by atoms with van der Waals surface area (Å²) >= 11 is 0. The van der Waals surface area contributed by atoms with E-state index in [-0.39, 0.29) is 12.1 Å². The van der Waals surface area contributed by atoms with Gasteiger partial charge in [0, 0.05) is 24.8 Å². The molecule has 0 aliphatic heterocycles. The van der Waals surface area contributed by atoms with Gasteiger partial charge in [0.25, 0.3) is 0 Å². The van der Waals surface area contributed by atoms with Crippen LogP contribution in [0.15, 0.2) is 0 Å². The van der Waals surface area contributed by atoms with Crippen LogP contribution in [0.25, 0.3) is 0 Å². The van der Waals surface area contributed by atoms with Gasteiger partial charge in [-0.3, -0.25) is 0 Å². The Balaban J connectivity index is 2.42. The molecular weight excluding hydrogens is 226 g/mol. The van der Waals surface area contributed by atoms with Crippen LogP contribution in [0.1, 0.15) is 53.4 Å². The summed E-state index contributed by atoms with van der Waals surface area (Å²) in [5.74, 6) is 1.15. The second-order valence-electron chi connectivity index (χ2n) is 6.46. The predicted octanol–water partition coefficient (Wildman–Crippen LogP) is 2.58. The molecule has 0 aromatic rings. The van der Waals surface area contributed by atoms with Crippen LogP contribution in [0, 0.1) is 11.8 Å². The molecule has 0 amide bonds. The quantitative estimate of drug-likeness (QED) is 0.657. The Morgan fingerprint density at radius 3 is 2.61 bits per heavy atom.